The fourth-order valence-electron chi connectivity index (χ4n) is 5.06. The highest BCUT2D eigenvalue weighted by Crippen LogP contribution is 2.43. The number of hydrogen-bond donors (Lipinski definition) is 0. The van der Waals surface area contributed by atoms with Crippen LogP contribution < -0.4 is 10.2 Å². The molecule has 3 aromatic rings. The van der Waals surface area contributed by atoms with Crippen molar-refractivity contribution in [3.63, 3.8) is 0 Å². The fourth-order valence-corrected chi connectivity index (χ4v) is 5.06. The Morgan fingerprint density at radius 2 is 1.69 bits per heavy atom. The molecule has 0 spiro atoms. The van der Waals surface area contributed by atoms with Crippen LogP contribution in [0.4, 0.5) is 13.6 Å². The number of carbonyl (C=O) groups excluding carboxylic acids is 2. The van der Waals surface area contributed by atoms with Crippen LogP contribution in [0, 0.1) is 11.6 Å². The molecule has 2 aliphatic rings. The first-order valence-electron chi connectivity index (χ1n) is 12.5. The second-order valence-electron chi connectivity index (χ2n) is 9.02. The Kier molecular flexibility index (Phi) is 7.55. The molecule has 1 fully saturated rings. The van der Waals surface area contributed by atoms with Gasteiger partial charge in [0.25, 0.3) is 5.91 Å². The van der Waals surface area contributed by atoms with Crippen LogP contribution in [0.1, 0.15) is 53.5 Å². The molecule has 1 atom stereocenters. The van der Waals surface area contributed by atoms with Gasteiger partial charge in [-0.25, -0.2) is 18.3 Å². The fraction of sp³-hybridized carbons (Fsp3) is 0.333. The van der Waals surface area contributed by atoms with Crippen LogP contribution >= 0.6 is 0 Å². The van der Waals surface area contributed by atoms with E-state index in [1.54, 1.807) is 31.2 Å². The van der Waals surface area contributed by atoms with Crippen LogP contribution in [-0.2, 0) is 9.47 Å². The summed E-state index contributed by atoms with van der Waals surface area (Å²) < 4.78 is 45.3. The van der Waals surface area contributed by atoms with Gasteiger partial charge in [-0.15, -0.1) is 0 Å². The minimum absolute atomic E-state index is 0.0820. The van der Waals surface area contributed by atoms with Crippen molar-refractivity contribution in [1.82, 2.24) is 19.8 Å². The van der Waals surface area contributed by atoms with Crippen LogP contribution in [0.15, 0.2) is 59.5 Å². The highest BCUT2D eigenvalue weighted by atomic mass is 19.1. The third-order valence-corrected chi connectivity index (χ3v) is 6.63. The van der Waals surface area contributed by atoms with Crippen molar-refractivity contribution in [3.05, 3.63) is 93.4 Å². The second-order valence-corrected chi connectivity index (χ2v) is 9.02. The lowest BCUT2D eigenvalue weighted by Gasteiger charge is -2.49. The number of aromatic nitrogens is 2. The van der Waals surface area contributed by atoms with Gasteiger partial charge in [0.05, 0.1) is 12.8 Å². The Hall–Kier alpha value is -4.32. The van der Waals surface area contributed by atoms with Gasteiger partial charge in [0.2, 0.25) is 18.0 Å². The lowest BCUT2D eigenvalue weighted by atomic mass is 9.87. The first kappa shape index (κ1) is 26.3. The van der Waals surface area contributed by atoms with E-state index in [4.69, 9.17) is 14.2 Å². The quantitative estimate of drug-likeness (QED) is 0.329. The van der Waals surface area contributed by atoms with E-state index in [0.717, 1.165) is 12.6 Å². The van der Waals surface area contributed by atoms with E-state index in [-0.39, 0.29) is 18.1 Å². The van der Waals surface area contributed by atoms with Crippen LogP contribution in [0.3, 0.4) is 0 Å². The summed E-state index contributed by atoms with van der Waals surface area (Å²) in [7, 11) is 0. The molecule has 0 N–H and O–H groups in total. The van der Waals surface area contributed by atoms with Crippen molar-refractivity contribution in [3.8, 4) is 5.75 Å². The smallest absolute Gasteiger partial charge is 0.451 e. The monoisotopic (exact) mass is 540 g/mol. The topological polar surface area (TPSA) is 103 Å². The molecule has 0 radical (unpaired) electrons. The average Bonchev–Trinajstić information content (AvgIpc) is 2.92. The van der Waals surface area contributed by atoms with Crippen molar-refractivity contribution in [2.24, 2.45) is 0 Å². The third-order valence-electron chi connectivity index (χ3n) is 6.63. The van der Waals surface area contributed by atoms with E-state index in [2.05, 4.69) is 5.10 Å². The molecule has 0 bridgehead atoms. The Labute approximate surface area is 222 Å². The first-order chi connectivity index (χ1) is 18.9. The Bertz CT molecular complexity index is 1400. The minimum atomic E-state index is -0.996. The predicted molar refractivity (Wildman–Crippen MR) is 133 cm³/mol. The SMILES string of the molecule is CCOC(=O)OCOc1c2n(ncc1=O)C(C(c1cccc(F)c1)c1cccc(F)c1)N1CCCCN1C2=O. The molecule has 1 aromatic heterocycles. The average molecular weight is 541 g/mol. The van der Waals surface area contributed by atoms with Gasteiger partial charge >= 0.3 is 6.16 Å². The van der Waals surface area contributed by atoms with Crippen molar-refractivity contribution in [2.45, 2.75) is 31.8 Å². The number of benzene rings is 2. The molecule has 1 unspecified atom stereocenters. The van der Waals surface area contributed by atoms with Crippen molar-refractivity contribution >= 4 is 12.1 Å². The van der Waals surface area contributed by atoms with E-state index in [9.17, 15) is 23.2 Å². The van der Waals surface area contributed by atoms with Gasteiger partial charge in [-0.2, -0.15) is 10.1 Å². The highest BCUT2D eigenvalue weighted by Gasteiger charge is 2.46. The maximum atomic E-state index is 14.5. The number of hydrogen-bond acceptors (Lipinski definition) is 8. The zero-order valence-electron chi connectivity index (χ0n) is 21.1. The van der Waals surface area contributed by atoms with Crippen molar-refractivity contribution in [2.75, 3.05) is 26.5 Å². The second kappa shape index (κ2) is 11.2. The normalized spacial score (nSPS) is 17.0. The standard InChI is InChI=1S/C27H26F2N4O6/c1-2-37-27(36)39-16-38-24-21(34)15-30-33-23(24)26(35)32-12-4-3-11-31(32)25(33)22(17-7-5-9-19(28)13-17)18-8-6-10-20(29)14-18/h5-10,13-15,22,25H,2-4,11-12,16H2,1H3. The number of rotatable bonds is 7. The third kappa shape index (κ3) is 5.19. The van der Waals surface area contributed by atoms with E-state index < -0.39 is 48.0 Å². The highest BCUT2D eigenvalue weighted by molar-refractivity contribution is 5.95. The molecule has 204 valence electrons. The van der Waals surface area contributed by atoms with Gasteiger partial charge in [0.1, 0.15) is 17.8 Å². The molecule has 0 aliphatic carbocycles. The molecule has 2 aromatic carbocycles. The maximum Gasteiger partial charge on any atom is 0.511 e. The predicted octanol–water partition coefficient (Wildman–Crippen LogP) is 3.83. The van der Waals surface area contributed by atoms with E-state index >= 15 is 0 Å². The maximum absolute atomic E-state index is 14.5. The first-order valence-corrected chi connectivity index (χ1v) is 12.5. The molecule has 3 heterocycles. The Morgan fingerprint density at radius 1 is 1.03 bits per heavy atom. The van der Waals surface area contributed by atoms with E-state index in [1.807, 2.05) is 5.01 Å². The molecular weight excluding hydrogens is 514 g/mol. The lowest BCUT2D eigenvalue weighted by Crippen LogP contribution is -2.59. The lowest BCUT2D eigenvalue weighted by molar-refractivity contribution is -0.104. The van der Waals surface area contributed by atoms with Crippen LogP contribution in [-0.4, -0.2) is 58.4 Å². The summed E-state index contributed by atoms with van der Waals surface area (Å²) in [5.41, 5.74) is 0.185. The van der Waals surface area contributed by atoms with Crippen molar-refractivity contribution < 1.29 is 32.6 Å². The van der Waals surface area contributed by atoms with Gasteiger partial charge in [-0.05, 0) is 55.2 Å². The molecule has 5 rings (SSSR count). The summed E-state index contributed by atoms with van der Waals surface area (Å²) in [5, 5.41) is 7.63. The number of ether oxygens (including phenoxy) is 3. The molecule has 12 heteroatoms. The summed E-state index contributed by atoms with van der Waals surface area (Å²) in [6.45, 7) is 1.83. The van der Waals surface area contributed by atoms with Gasteiger partial charge in [0.15, 0.2) is 5.69 Å². The Balaban J connectivity index is 1.67. The van der Waals surface area contributed by atoms with Gasteiger partial charge < -0.3 is 14.2 Å². The van der Waals surface area contributed by atoms with Gasteiger partial charge in [-0.3, -0.25) is 14.6 Å². The summed E-state index contributed by atoms with van der Waals surface area (Å²) in [6.07, 6.45) is 0.689. The van der Waals surface area contributed by atoms with Crippen LogP contribution in [0.2, 0.25) is 0 Å². The Morgan fingerprint density at radius 3 is 2.33 bits per heavy atom. The molecular formula is C27H26F2N4O6. The molecule has 1 saturated heterocycles. The van der Waals surface area contributed by atoms with Crippen LogP contribution in [0.5, 0.6) is 5.75 Å². The number of carbonyl (C=O) groups is 2. The zero-order valence-corrected chi connectivity index (χ0v) is 21.1. The number of halogens is 2. The number of hydrazine groups is 1. The number of amides is 1. The molecule has 2 aliphatic heterocycles. The molecule has 1 amide bonds. The summed E-state index contributed by atoms with van der Waals surface area (Å²) in [4.78, 5) is 38.2. The van der Waals surface area contributed by atoms with Crippen LogP contribution in [0.25, 0.3) is 0 Å². The van der Waals surface area contributed by atoms with E-state index in [1.165, 1.54) is 34.0 Å². The van der Waals surface area contributed by atoms with Gasteiger partial charge in [0, 0.05) is 19.0 Å². The number of nitrogens with zero attached hydrogens (tertiary/aromatic N) is 4. The van der Waals surface area contributed by atoms with E-state index in [0.29, 0.717) is 30.6 Å². The summed E-state index contributed by atoms with van der Waals surface area (Å²) in [5.74, 6) is -2.55. The largest absolute Gasteiger partial charge is 0.511 e. The van der Waals surface area contributed by atoms with Crippen molar-refractivity contribution in [1.29, 1.82) is 0 Å². The summed E-state index contributed by atoms with van der Waals surface area (Å²) >= 11 is 0. The zero-order chi connectivity index (χ0) is 27.5. The molecule has 0 saturated carbocycles. The molecule has 39 heavy (non-hydrogen) atoms. The number of fused-ring (bicyclic) bond motifs is 2. The minimum Gasteiger partial charge on any atom is -0.451 e. The summed E-state index contributed by atoms with van der Waals surface area (Å²) in [6, 6.07) is 11.9. The molecule has 10 nitrogen and oxygen atoms in total. The van der Waals surface area contributed by atoms with Gasteiger partial charge in [-0.1, -0.05) is 24.3 Å².